The molecule has 0 unspecified atom stereocenters. The highest BCUT2D eigenvalue weighted by Gasteiger charge is 2.13. The van der Waals surface area contributed by atoms with Crippen LogP contribution >= 0.6 is 0 Å². The van der Waals surface area contributed by atoms with Crippen LogP contribution in [0, 0.1) is 0 Å². The van der Waals surface area contributed by atoms with Crippen LogP contribution in [0.15, 0.2) is 0 Å². The molecule has 234 valence electrons. The van der Waals surface area contributed by atoms with E-state index in [1.807, 2.05) is 0 Å². The van der Waals surface area contributed by atoms with Gasteiger partial charge in [-0.2, -0.15) is 0 Å². The van der Waals surface area contributed by atoms with Crippen LogP contribution in [0.4, 0.5) is 0 Å². The van der Waals surface area contributed by atoms with Gasteiger partial charge in [0.15, 0.2) is 0 Å². The number of carbonyl (C=O) groups excluding carboxylic acids is 4. The van der Waals surface area contributed by atoms with Crippen LogP contribution in [0.3, 0.4) is 0 Å². The molecule has 1 heterocycles. The topological polar surface area (TPSA) is 150 Å². The van der Waals surface area contributed by atoms with Gasteiger partial charge in [-0.15, -0.1) is 0 Å². The molecule has 0 aromatic rings. The summed E-state index contributed by atoms with van der Waals surface area (Å²) in [7, 11) is 0. The lowest BCUT2D eigenvalue weighted by Gasteiger charge is -2.23. The minimum absolute atomic E-state index is 0.197. The van der Waals surface area contributed by atoms with E-state index >= 15 is 0 Å². The fourth-order valence-electron chi connectivity index (χ4n) is 5.13. The zero-order valence-corrected chi connectivity index (χ0v) is 25.6. The lowest BCUT2D eigenvalue weighted by Crippen LogP contribution is -2.32. The molecule has 1 rings (SSSR count). The first-order valence-electron chi connectivity index (χ1n) is 16.5. The van der Waals surface area contributed by atoms with Gasteiger partial charge < -0.3 is 22.1 Å². The van der Waals surface area contributed by atoms with E-state index in [1.165, 1.54) is 64.2 Å². The summed E-state index contributed by atoms with van der Waals surface area (Å²) < 4.78 is 0. The van der Waals surface area contributed by atoms with E-state index in [4.69, 9.17) is 17.2 Å². The minimum Gasteiger partial charge on any atom is -0.370 e. The molecule has 4 amide bonds. The normalized spacial score (nSPS) is 15.1. The minimum atomic E-state index is -0.223. The maximum atomic E-state index is 12.6. The van der Waals surface area contributed by atoms with Crippen LogP contribution in [0.2, 0.25) is 0 Å². The number of primary amides is 3. The lowest BCUT2D eigenvalue weighted by molar-refractivity contribution is -0.131. The molecule has 0 aromatic heterocycles. The van der Waals surface area contributed by atoms with Crippen LogP contribution in [0.5, 0.6) is 0 Å². The molecule has 0 aliphatic carbocycles. The molecule has 8 heteroatoms. The van der Waals surface area contributed by atoms with E-state index < -0.39 is 0 Å². The number of unbranched alkanes of at least 4 members (excludes halogenated alkanes) is 10. The van der Waals surface area contributed by atoms with E-state index in [-0.39, 0.29) is 17.7 Å². The molecule has 0 atom stereocenters. The molecule has 0 radical (unpaired) electrons. The second-order valence-electron chi connectivity index (χ2n) is 11.6. The van der Waals surface area contributed by atoms with E-state index in [0.29, 0.717) is 31.6 Å². The Morgan fingerprint density at radius 2 is 0.625 bits per heavy atom. The second-order valence-corrected chi connectivity index (χ2v) is 11.6. The quantitative estimate of drug-likeness (QED) is 0.164. The number of nitrogens with zero attached hydrogens (tertiary/aromatic N) is 1. The second kappa shape index (κ2) is 28.4. The Morgan fingerprint density at radius 3 is 0.925 bits per heavy atom. The Morgan fingerprint density at radius 1 is 0.375 bits per heavy atom. The molecule has 6 N–H and O–H groups in total. The third-order valence-corrected chi connectivity index (χ3v) is 7.62. The summed E-state index contributed by atoms with van der Waals surface area (Å²) in [6.07, 6.45) is 27.7. The number of hydrogen-bond acceptors (Lipinski definition) is 4. The van der Waals surface area contributed by atoms with Crippen molar-refractivity contribution < 1.29 is 19.2 Å². The van der Waals surface area contributed by atoms with Gasteiger partial charge in [-0.3, -0.25) is 19.2 Å². The van der Waals surface area contributed by atoms with Crippen LogP contribution in [-0.2, 0) is 19.2 Å². The summed E-state index contributed by atoms with van der Waals surface area (Å²) in [6, 6.07) is 0. The molecule has 0 spiro atoms. The average molecular weight is 567 g/mol. The molecule has 1 fully saturated rings. The fraction of sp³-hybridized carbons (Fsp3) is 0.875. The molecular formula is C32H62N4O4. The van der Waals surface area contributed by atoms with E-state index in [9.17, 15) is 19.2 Å². The number of hydrogen-bond donors (Lipinski definition) is 3. The molecule has 40 heavy (non-hydrogen) atoms. The van der Waals surface area contributed by atoms with Crippen molar-refractivity contribution >= 4 is 23.6 Å². The summed E-state index contributed by atoms with van der Waals surface area (Å²) in [5, 5.41) is 0. The van der Waals surface area contributed by atoms with Crippen molar-refractivity contribution in [3.05, 3.63) is 0 Å². The first-order valence-corrected chi connectivity index (χ1v) is 16.5. The highest BCUT2D eigenvalue weighted by atomic mass is 16.2. The monoisotopic (exact) mass is 566 g/mol. The van der Waals surface area contributed by atoms with Crippen molar-refractivity contribution in [2.45, 2.75) is 167 Å². The third-order valence-electron chi connectivity index (χ3n) is 7.62. The number of amides is 4. The predicted octanol–water partition coefficient (Wildman–Crippen LogP) is 6.41. The standard InChI is InChI=1S/C22H42N2O2.C10H20N2O2/c23-21(25)17-13-9-5-6-10-14-18-22(26)24-19-15-11-7-3-1-2-4-8-12-16-20-24;11-9(13)7-5-3-1-2-4-6-8-10(12)14/h1-20H2,(H2,23,25);1-8H2,(H2,11,13)(H2,12,14). The van der Waals surface area contributed by atoms with Gasteiger partial charge in [0.05, 0.1) is 0 Å². The predicted molar refractivity (Wildman–Crippen MR) is 164 cm³/mol. The summed E-state index contributed by atoms with van der Waals surface area (Å²) in [5.74, 6) is -0.275. The summed E-state index contributed by atoms with van der Waals surface area (Å²) in [6.45, 7) is 1.93. The lowest BCUT2D eigenvalue weighted by atomic mass is 10.1. The van der Waals surface area contributed by atoms with Gasteiger partial charge in [-0.25, -0.2) is 0 Å². The number of rotatable bonds is 18. The number of carbonyl (C=O) groups is 4. The fourth-order valence-corrected chi connectivity index (χ4v) is 5.13. The molecule has 1 aliphatic rings. The maximum absolute atomic E-state index is 12.6. The van der Waals surface area contributed by atoms with E-state index in [0.717, 1.165) is 90.1 Å². The third kappa shape index (κ3) is 28.9. The SMILES string of the molecule is NC(=O)CCCCCCCCC(=O)N1CCCCCCCCCCCC1.NC(=O)CCCCCCCCC(N)=O. The Balaban J connectivity index is 0.000000919. The van der Waals surface area contributed by atoms with Gasteiger partial charge in [0, 0.05) is 38.8 Å². The van der Waals surface area contributed by atoms with Crippen LogP contribution in [-0.4, -0.2) is 41.6 Å². The summed E-state index contributed by atoms with van der Waals surface area (Å²) >= 11 is 0. The van der Waals surface area contributed by atoms with Gasteiger partial charge in [0.1, 0.15) is 0 Å². The maximum Gasteiger partial charge on any atom is 0.222 e. The Labute approximate surface area is 244 Å². The van der Waals surface area contributed by atoms with Crippen molar-refractivity contribution in [1.82, 2.24) is 4.90 Å². The first kappa shape index (κ1) is 37.9. The average Bonchev–Trinajstić information content (AvgIpc) is 2.93. The smallest absolute Gasteiger partial charge is 0.222 e. The summed E-state index contributed by atoms with van der Waals surface area (Å²) in [5.41, 5.74) is 15.1. The molecule has 0 aromatic carbocycles. The van der Waals surface area contributed by atoms with Gasteiger partial charge in [-0.05, 0) is 38.5 Å². The van der Waals surface area contributed by atoms with Crippen molar-refractivity contribution in [1.29, 1.82) is 0 Å². The van der Waals surface area contributed by atoms with Crippen molar-refractivity contribution in [2.24, 2.45) is 17.2 Å². The largest absolute Gasteiger partial charge is 0.370 e. The first-order chi connectivity index (χ1) is 19.3. The highest BCUT2D eigenvalue weighted by Crippen LogP contribution is 2.15. The van der Waals surface area contributed by atoms with E-state index in [2.05, 4.69) is 4.90 Å². The Hall–Kier alpha value is -2.12. The molecular weight excluding hydrogens is 504 g/mol. The van der Waals surface area contributed by atoms with Crippen molar-refractivity contribution in [3.63, 3.8) is 0 Å². The van der Waals surface area contributed by atoms with Gasteiger partial charge in [-0.1, -0.05) is 103 Å². The van der Waals surface area contributed by atoms with Crippen LogP contribution < -0.4 is 17.2 Å². The van der Waals surface area contributed by atoms with Gasteiger partial charge in [0.25, 0.3) is 0 Å². The number of nitrogens with two attached hydrogens (primary N) is 3. The Bertz CT molecular complexity index is 623. The van der Waals surface area contributed by atoms with E-state index in [1.54, 1.807) is 0 Å². The molecule has 8 nitrogen and oxygen atoms in total. The van der Waals surface area contributed by atoms with Crippen molar-refractivity contribution in [2.75, 3.05) is 13.1 Å². The summed E-state index contributed by atoms with van der Waals surface area (Å²) in [4.78, 5) is 46.2. The van der Waals surface area contributed by atoms with Crippen molar-refractivity contribution in [3.8, 4) is 0 Å². The van der Waals surface area contributed by atoms with Crippen LogP contribution in [0.1, 0.15) is 167 Å². The van der Waals surface area contributed by atoms with Crippen LogP contribution in [0.25, 0.3) is 0 Å². The van der Waals surface area contributed by atoms with Gasteiger partial charge in [0.2, 0.25) is 23.6 Å². The van der Waals surface area contributed by atoms with Gasteiger partial charge >= 0.3 is 0 Å². The Kier molecular flexibility index (Phi) is 26.9. The molecule has 0 saturated carbocycles. The molecule has 1 saturated heterocycles. The molecule has 1 aliphatic heterocycles. The zero-order chi connectivity index (χ0) is 29.7. The zero-order valence-electron chi connectivity index (χ0n) is 25.6. The molecule has 0 bridgehead atoms. The highest BCUT2D eigenvalue weighted by molar-refractivity contribution is 5.76.